The van der Waals surface area contributed by atoms with Gasteiger partial charge in [0.25, 0.3) is 0 Å². The summed E-state index contributed by atoms with van der Waals surface area (Å²) < 4.78 is 0. The zero-order valence-corrected chi connectivity index (χ0v) is 12.5. The number of anilines is 2. The van der Waals surface area contributed by atoms with Crippen molar-refractivity contribution in [2.45, 2.75) is 19.9 Å². The summed E-state index contributed by atoms with van der Waals surface area (Å²) in [4.78, 5) is 12.4. The van der Waals surface area contributed by atoms with Crippen LogP contribution in [0.1, 0.15) is 27.7 Å². The lowest BCUT2D eigenvalue weighted by Crippen LogP contribution is -2.08. The lowest BCUT2D eigenvalue weighted by atomic mass is 10.1. The SMILES string of the molecule is CCc1ccsc1CNc1c(Cl)cc(N)cc1C(=O)O. The average molecular weight is 311 g/mol. The molecular weight excluding hydrogens is 296 g/mol. The monoisotopic (exact) mass is 310 g/mol. The number of nitrogens with two attached hydrogens (primary N) is 1. The molecule has 20 heavy (non-hydrogen) atoms. The largest absolute Gasteiger partial charge is 0.478 e. The number of carboxylic acid groups (broad SMARTS) is 1. The minimum Gasteiger partial charge on any atom is -0.478 e. The van der Waals surface area contributed by atoms with Gasteiger partial charge in [0.15, 0.2) is 0 Å². The van der Waals surface area contributed by atoms with Crippen molar-refractivity contribution in [2.75, 3.05) is 11.1 Å². The topological polar surface area (TPSA) is 75.3 Å². The van der Waals surface area contributed by atoms with Gasteiger partial charge in [-0.1, -0.05) is 18.5 Å². The van der Waals surface area contributed by atoms with E-state index >= 15 is 0 Å². The average Bonchev–Trinajstić information content (AvgIpc) is 2.84. The van der Waals surface area contributed by atoms with Crippen molar-refractivity contribution in [1.82, 2.24) is 0 Å². The number of nitrogens with one attached hydrogen (secondary N) is 1. The molecule has 4 nitrogen and oxygen atoms in total. The number of thiophene rings is 1. The maximum Gasteiger partial charge on any atom is 0.337 e. The first-order valence-electron chi connectivity index (χ1n) is 6.14. The number of aryl methyl sites for hydroxylation is 1. The molecule has 0 radical (unpaired) electrons. The summed E-state index contributed by atoms with van der Waals surface area (Å²) in [5.41, 5.74) is 7.71. The molecule has 0 aliphatic carbocycles. The molecule has 2 rings (SSSR count). The lowest BCUT2D eigenvalue weighted by Gasteiger charge is -2.12. The van der Waals surface area contributed by atoms with Crippen LogP contribution in [0.15, 0.2) is 23.6 Å². The third-order valence-electron chi connectivity index (χ3n) is 2.99. The first kappa shape index (κ1) is 14.7. The van der Waals surface area contributed by atoms with Crippen LogP contribution in [-0.2, 0) is 13.0 Å². The molecule has 0 aliphatic rings. The van der Waals surface area contributed by atoms with Gasteiger partial charge < -0.3 is 16.2 Å². The van der Waals surface area contributed by atoms with Crippen molar-refractivity contribution >= 4 is 40.3 Å². The summed E-state index contributed by atoms with van der Waals surface area (Å²) in [5.74, 6) is -1.05. The molecule has 0 unspecified atom stereocenters. The number of nitrogen functional groups attached to an aromatic ring is 1. The summed E-state index contributed by atoms with van der Waals surface area (Å²) >= 11 is 7.73. The Labute approximate surface area is 126 Å². The molecule has 0 saturated carbocycles. The van der Waals surface area contributed by atoms with Crippen molar-refractivity contribution in [3.8, 4) is 0 Å². The second kappa shape index (κ2) is 6.15. The van der Waals surface area contributed by atoms with Crippen LogP contribution < -0.4 is 11.1 Å². The van der Waals surface area contributed by atoms with Crippen LogP contribution in [-0.4, -0.2) is 11.1 Å². The quantitative estimate of drug-likeness (QED) is 0.733. The van der Waals surface area contributed by atoms with Gasteiger partial charge in [0, 0.05) is 17.1 Å². The van der Waals surface area contributed by atoms with E-state index in [1.807, 2.05) is 5.38 Å². The number of aromatic carboxylic acids is 1. The van der Waals surface area contributed by atoms with Gasteiger partial charge in [-0.25, -0.2) is 4.79 Å². The Morgan fingerprint density at radius 3 is 2.90 bits per heavy atom. The van der Waals surface area contributed by atoms with Gasteiger partial charge in [-0.05, 0) is 35.6 Å². The molecule has 1 heterocycles. The molecule has 106 valence electrons. The molecule has 0 atom stereocenters. The van der Waals surface area contributed by atoms with Crippen molar-refractivity contribution in [2.24, 2.45) is 0 Å². The Balaban J connectivity index is 2.27. The van der Waals surface area contributed by atoms with E-state index in [4.69, 9.17) is 17.3 Å². The highest BCUT2D eigenvalue weighted by atomic mass is 35.5. The van der Waals surface area contributed by atoms with E-state index < -0.39 is 5.97 Å². The maximum absolute atomic E-state index is 11.3. The Kier molecular flexibility index (Phi) is 4.52. The molecule has 0 aliphatic heterocycles. The fourth-order valence-electron chi connectivity index (χ4n) is 1.98. The van der Waals surface area contributed by atoms with Gasteiger partial charge in [0.05, 0.1) is 16.3 Å². The second-order valence-electron chi connectivity index (χ2n) is 4.31. The highest BCUT2D eigenvalue weighted by molar-refractivity contribution is 7.10. The smallest absolute Gasteiger partial charge is 0.337 e. The summed E-state index contributed by atoms with van der Waals surface area (Å²) in [7, 11) is 0. The number of hydrogen-bond acceptors (Lipinski definition) is 4. The standard InChI is InChI=1S/C14H15ClN2O2S/c1-2-8-3-4-20-12(8)7-17-13-10(14(18)19)5-9(16)6-11(13)15/h3-6,17H,2,7,16H2,1H3,(H,18,19). The third kappa shape index (κ3) is 3.05. The van der Waals surface area contributed by atoms with Crippen LogP contribution in [0.25, 0.3) is 0 Å². The van der Waals surface area contributed by atoms with Crippen molar-refractivity contribution in [3.05, 3.63) is 44.6 Å². The van der Waals surface area contributed by atoms with Gasteiger partial charge >= 0.3 is 5.97 Å². The highest BCUT2D eigenvalue weighted by Gasteiger charge is 2.15. The van der Waals surface area contributed by atoms with Crippen LogP contribution in [0, 0.1) is 0 Å². The molecule has 1 aromatic carbocycles. The fraction of sp³-hybridized carbons (Fsp3) is 0.214. The van der Waals surface area contributed by atoms with E-state index in [9.17, 15) is 9.90 Å². The highest BCUT2D eigenvalue weighted by Crippen LogP contribution is 2.30. The number of halogens is 1. The summed E-state index contributed by atoms with van der Waals surface area (Å²) in [6.45, 7) is 2.63. The molecule has 1 aromatic heterocycles. The van der Waals surface area contributed by atoms with Crippen LogP contribution in [0.5, 0.6) is 0 Å². The van der Waals surface area contributed by atoms with Crippen LogP contribution in [0.4, 0.5) is 11.4 Å². The van der Waals surface area contributed by atoms with Crippen molar-refractivity contribution < 1.29 is 9.90 Å². The van der Waals surface area contributed by atoms with E-state index in [2.05, 4.69) is 18.3 Å². The normalized spacial score (nSPS) is 10.5. The second-order valence-corrected chi connectivity index (χ2v) is 5.71. The Hall–Kier alpha value is -1.72. The van der Waals surface area contributed by atoms with Gasteiger partial charge in [-0.15, -0.1) is 11.3 Å². The molecule has 0 amide bonds. The lowest BCUT2D eigenvalue weighted by molar-refractivity contribution is 0.0698. The molecule has 0 spiro atoms. The zero-order valence-electron chi connectivity index (χ0n) is 10.9. The number of benzene rings is 1. The summed E-state index contributed by atoms with van der Waals surface area (Å²) in [5, 5.41) is 14.7. The minimum atomic E-state index is -1.05. The molecular formula is C14H15ClN2O2S. The molecule has 2 aromatic rings. The predicted octanol–water partition coefficient (Wildman–Crippen LogP) is 3.86. The van der Waals surface area contributed by atoms with E-state index in [0.717, 1.165) is 6.42 Å². The predicted molar refractivity (Wildman–Crippen MR) is 83.8 cm³/mol. The van der Waals surface area contributed by atoms with E-state index in [1.54, 1.807) is 17.4 Å². The molecule has 0 bridgehead atoms. The third-order valence-corrected chi connectivity index (χ3v) is 4.25. The van der Waals surface area contributed by atoms with Crippen LogP contribution in [0.3, 0.4) is 0 Å². The number of hydrogen-bond donors (Lipinski definition) is 3. The molecule has 0 saturated heterocycles. The van der Waals surface area contributed by atoms with Gasteiger partial charge in [-0.3, -0.25) is 0 Å². The minimum absolute atomic E-state index is 0.0876. The summed E-state index contributed by atoms with van der Waals surface area (Å²) in [6, 6.07) is 5.03. The molecule has 4 N–H and O–H groups in total. The van der Waals surface area contributed by atoms with Gasteiger partial charge in [-0.2, -0.15) is 0 Å². The Morgan fingerprint density at radius 2 is 2.25 bits per heavy atom. The fourth-order valence-corrected chi connectivity index (χ4v) is 3.19. The van der Waals surface area contributed by atoms with Crippen LogP contribution >= 0.6 is 22.9 Å². The first-order chi connectivity index (χ1) is 9.52. The summed E-state index contributed by atoms with van der Waals surface area (Å²) in [6.07, 6.45) is 0.946. The van der Waals surface area contributed by atoms with Crippen molar-refractivity contribution in [1.29, 1.82) is 0 Å². The van der Waals surface area contributed by atoms with E-state index in [1.165, 1.54) is 16.5 Å². The number of carboxylic acids is 1. The molecule has 0 fully saturated rings. The van der Waals surface area contributed by atoms with Gasteiger partial charge in [0.2, 0.25) is 0 Å². The van der Waals surface area contributed by atoms with Crippen molar-refractivity contribution in [3.63, 3.8) is 0 Å². The first-order valence-corrected chi connectivity index (χ1v) is 7.40. The Bertz CT molecular complexity index is 640. The van der Waals surface area contributed by atoms with E-state index in [-0.39, 0.29) is 5.56 Å². The van der Waals surface area contributed by atoms with Gasteiger partial charge in [0.1, 0.15) is 0 Å². The Morgan fingerprint density at radius 1 is 1.50 bits per heavy atom. The zero-order chi connectivity index (χ0) is 14.7. The maximum atomic E-state index is 11.3. The number of carbonyl (C=O) groups is 1. The molecule has 6 heteroatoms. The van der Waals surface area contributed by atoms with E-state index in [0.29, 0.717) is 22.9 Å². The number of rotatable bonds is 5. The van der Waals surface area contributed by atoms with Crippen LogP contribution in [0.2, 0.25) is 5.02 Å².